The number of hydrogen-bond acceptors (Lipinski definition) is 5. The van der Waals surface area contributed by atoms with Gasteiger partial charge in [0.25, 0.3) is 5.56 Å². The number of fused-ring (bicyclic) bond motifs is 1. The Kier molecular flexibility index (Phi) is 4.64. The number of aryl methyl sites for hydroxylation is 1. The Hall–Kier alpha value is -3.22. The van der Waals surface area contributed by atoms with Crippen LogP contribution in [0.2, 0.25) is 0 Å². The van der Waals surface area contributed by atoms with Crippen molar-refractivity contribution < 1.29 is 13.2 Å². The molecule has 4 rings (SSSR count). The standard InChI is InChI=1S/C17H13BrF3N7O2/c1-25-13-12(14(29)26(2)16(25)30)27(15(18)22-13)7-10-8-28(24-23-10)11-5-3-4-9(6-11)17(19,20)21/h3-6,8H,7H2,1-2H3. The number of imidazole rings is 1. The maximum Gasteiger partial charge on any atom is 0.416 e. The zero-order valence-corrected chi connectivity index (χ0v) is 17.1. The van der Waals surface area contributed by atoms with E-state index < -0.39 is 23.0 Å². The molecular formula is C17H13BrF3N7O2. The first-order chi connectivity index (χ1) is 14.1. The predicted octanol–water partition coefficient (Wildman–Crippen LogP) is 1.84. The second kappa shape index (κ2) is 6.93. The van der Waals surface area contributed by atoms with Crippen molar-refractivity contribution >= 4 is 27.1 Å². The van der Waals surface area contributed by atoms with E-state index in [0.29, 0.717) is 10.4 Å². The van der Waals surface area contributed by atoms with Gasteiger partial charge in [0, 0.05) is 14.1 Å². The van der Waals surface area contributed by atoms with Gasteiger partial charge in [-0.05, 0) is 34.1 Å². The fourth-order valence-electron chi connectivity index (χ4n) is 3.05. The van der Waals surface area contributed by atoms with Crippen molar-refractivity contribution in [3.8, 4) is 5.69 Å². The Morgan fingerprint density at radius 2 is 1.87 bits per heavy atom. The lowest BCUT2D eigenvalue weighted by atomic mass is 10.2. The van der Waals surface area contributed by atoms with Crippen LogP contribution in [-0.2, 0) is 26.8 Å². The van der Waals surface area contributed by atoms with E-state index >= 15 is 0 Å². The Bertz CT molecular complexity index is 1400. The first-order valence-corrected chi connectivity index (χ1v) is 9.28. The first kappa shape index (κ1) is 20.1. The largest absolute Gasteiger partial charge is 0.416 e. The third kappa shape index (κ3) is 3.24. The van der Waals surface area contributed by atoms with Gasteiger partial charge in [-0.1, -0.05) is 11.3 Å². The number of hydrogen-bond donors (Lipinski definition) is 0. The summed E-state index contributed by atoms with van der Waals surface area (Å²) in [5.74, 6) is 0. The minimum atomic E-state index is -4.48. The highest BCUT2D eigenvalue weighted by Gasteiger charge is 2.30. The van der Waals surface area contributed by atoms with Crippen LogP contribution in [0.1, 0.15) is 11.3 Å². The van der Waals surface area contributed by atoms with Crippen LogP contribution < -0.4 is 11.2 Å². The summed E-state index contributed by atoms with van der Waals surface area (Å²) in [5, 5.41) is 7.87. The average Bonchev–Trinajstić information content (AvgIpc) is 3.30. The fraction of sp³-hybridized carbons (Fsp3) is 0.235. The van der Waals surface area contributed by atoms with E-state index in [4.69, 9.17) is 0 Å². The van der Waals surface area contributed by atoms with Gasteiger partial charge in [0.2, 0.25) is 0 Å². The van der Waals surface area contributed by atoms with Gasteiger partial charge in [-0.2, -0.15) is 13.2 Å². The Morgan fingerprint density at radius 1 is 1.13 bits per heavy atom. The lowest BCUT2D eigenvalue weighted by molar-refractivity contribution is -0.137. The molecule has 13 heteroatoms. The topological polar surface area (TPSA) is 92.5 Å². The quantitative estimate of drug-likeness (QED) is 0.414. The second-order valence-corrected chi connectivity index (χ2v) is 7.26. The second-order valence-electron chi connectivity index (χ2n) is 6.55. The molecule has 0 aliphatic heterocycles. The summed E-state index contributed by atoms with van der Waals surface area (Å²) < 4.78 is 44.1. The molecule has 0 saturated heterocycles. The normalized spacial score (nSPS) is 12.1. The molecule has 0 aliphatic rings. The van der Waals surface area contributed by atoms with E-state index in [2.05, 4.69) is 31.2 Å². The summed E-state index contributed by atoms with van der Waals surface area (Å²) in [6.07, 6.45) is -3.02. The van der Waals surface area contributed by atoms with Crippen LogP contribution in [0, 0.1) is 0 Å². The van der Waals surface area contributed by atoms with Gasteiger partial charge in [-0.15, -0.1) is 5.10 Å². The minimum Gasteiger partial charge on any atom is -0.306 e. The van der Waals surface area contributed by atoms with Gasteiger partial charge in [0.05, 0.1) is 24.0 Å². The molecule has 4 aromatic rings. The van der Waals surface area contributed by atoms with Crippen LogP contribution in [-0.4, -0.2) is 33.7 Å². The van der Waals surface area contributed by atoms with Gasteiger partial charge in [0.15, 0.2) is 15.9 Å². The van der Waals surface area contributed by atoms with Crippen LogP contribution in [0.3, 0.4) is 0 Å². The smallest absolute Gasteiger partial charge is 0.306 e. The lowest BCUT2D eigenvalue weighted by Gasteiger charge is -2.08. The number of benzene rings is 1. The molecular weight excluding hydrogens is 471 g/mol. The molecule has 0 bridgehead atoms. The third-order valence-corrected chi connectivity index (χ3v) is 5.21. The molecule has 0 spiro atoms. The molecule has 9 nitrogen and oxygen atoms in total. The van der Waals surface area contributed by atoms with Gasteiger partial charge >= 0.3 is 11.9 Å². The van der Waals surface area contributed by atoms with E-state index in [9.17, 15) is 22.8 Å². The van der Waals surface area contributed by atoms with E-state index in [-0.39, 0.29) is 23.4 Å². The maximum atomic E-state index is 12.9. The molecule has 0 unspecified atom stereocenters. The highest BCUT2D eigenvalue weighted by molar-refractivity contribution is 9.10. The molecule has 3 aromatic heterocycles. The molecule has 3 heterocycles. The Balaban J connectivity index is 1.75. The number of alkyl halides is 3. The summed E-state index contributed by atoms with van der Waals surface area (Å²) >= 11 is 3.28. The Morgan fingerprint density at radius 3 is 2.57 bits per heavy atom. The van der Waals surface area contributed by atoms with Crippen molar-refractivity contribution in [1.82, 2.24) is 33.7 Å². The van der Waals surface area contributed by atoms with Gasteiger partial charge in [-0.25, -0.2) is 14.5 Å². The lowest BCUT2D eigenvalue weighted by Crippen LogP contribution is -2.37. The predicted molar refractivity (Wildman–Crippen MR) is 103 cm³/mol. The summed E-state index contributed by atoms with van der Waals surface area (Å²) in [4.78, 5) is 28.9. The van der Waals surface area contributed by atoms with Gasteiger partial charge in [0.1, 0.15) is 5.69 Å². The average molecular weight is 484 g/mol. The van der Waals surface area contributed by atoms with Gasteiger partial charge < -0.3 is 4.57 Å². The van der Waals surface area contributed by atoms with Crippen molar-refractivity contribution in [3.05, 3.63) is 67.3 Å². The summed E-state index contributed by atoms with van der Waals surface area (Å²) in [7, 11) is 2.86. The van der Waals surface area contributed by atoms with E-state index in [1.54, 1.807) is 0 Å². The molecule has 0 fully saturated rings. The number of halogens is 4. The first-order valence-electron chi connectivity index (χ1n) is 8.48. The SMILES string of the molecule is Cn1c(=O)c2c(nc(Br)n2Cc2cn(-c3cccc(C(F)(F)F)c3)nn2)n(C)c1=O. The van der Waals surface area contributed by atoms with E-state index in [1.807, 2.05) is 0 Å². The Labute approximate surface area is 174 Å². The fourth-order valence-corrected chi connectivity index (χ4v) is 3.52. The minimum absolute atomic E-state index is 0.0590. The van der Waals surface area contributed by atoms with Crippen molar-refractivity contribution in [2.45, 2.75) is 12.7 Å². The van der Waals surface area contributed by atoms with Crippen LogP contribution in [0.15, 0.2) is 44.8 Å². The highest BCUT2D eigenvalue weighted by Crippen LogP contribution is 2.30. The molecule has 30 heavy (non-hydrogen) atoms. The van der Waals surface area contributed by atoms with Crippen molar-refractivity contribution in [3.63, 3.8) is 0 Å². The summed E-state index contributed by atoms with van der Waals surface area (Å²) in [5.41, 5.74) is -0.901. The highest BCUT2D eigenvalue weighted by atomic mass is 79.9. The molecule has 1 aromatic carbocycles. The third-order valence-electron chi connectivity index (χ3n) is 4.60. The molecule has 0 aliphatic carbocycles. The van der Waals surface area contributed by atoms with Crippen molar-refractivity contribution in [1.29, 1.82) is 0 Å². The van der Waals surface area contributed by atoms with E-state index in [1.165, 1.54) is 46.2 Å². The summed E-state index contributed by atoms with van der Waals surface area (Å²) in [6, 6.07) is 4.69. The van der Waals surface area contributed by atoms with Crippen molar-refractivity contribution in [2.75, 3.05) is 0 Å². The maximum absolute atomic E-state index is 12.9. The van der Waals surface area contributed by atoms with Crippen LogP contribution in [0.5, 0.6) is 0 Å². The van der Waals surface area contributed by atoms with Crippen LogP contribution >= 0.6 is 15.9 Å². The number of aromatic nitrogens is 7. The number of nitrogens with zero attached hydrogens (tertiary/aromatic N) is 7. The molecule has 0 radical (unpaired) electrons. The van der Waals surface area contributed by atoms with Crippen molar-refractivity contribution in [2.24, 2.45) is 14.1 Å². The van der Waals surface area contributed by atoms with Gasteiger partial charge in [-0.3, -0.25) is 13.9 Å². The molecule has 156 valence electrons. The van der Waals surface area contributed by atoms with E-state index in [0.717, 1.165) is 16.7 Å². The molecule has 0 saturated carbocycles. The number of rotatable bonds is 3. The zero-order valence-electron chi connectivity index (χ0n) is 15.6. The molecule has 0 N–H and O–H groups in total. The van der Waals surface area contributed by atoms with Crippen LogP contribution in [0.4, 0.5) is 13.2 Å². The summed E-state index contributed by atoms with van der Waals surface area (Å²) in [6.45, 7) is 0.0590. The monoisotopic (exact) mass is 483 g/mol. The molecule has 0 amide bonds. The molecule has 0 atom stereocenters. The van der Waals surface area contributed by atoms with Crippen LogP contribution in [0.25, 0.3) is 16.9 Å². The zero-order chi connectivity index (χ0) is 21.8.